The van der Waals surface area contributed by atoms with Gasteiger partial charge < -0.3 is 10.0 Å². The summed E-state index contributed by atoms with van der Waals surface area (Å²) in [5.74, 6) is -2.44. The number of fused-ring (bicyclic) bond motifs is 1. The Morgan fingerprint density at radius 2 is 2.06 bits per heavy atom. The van der Waals surface area contributed by atoms with Crippen LogP contribution in [0, 0.1) is 0 Å². The molecule has 2 rings (SSSR count). The second kappa shape index (κ2) is 4.18. The zero-order chi connectivity index (χ0) is 12.6. The number of anilines is 1. The van der Waals surface area contributed by atoms with Crippen molar-refractivity contribution in [2.75, 3.05) is 11.4 Å². The van der Waals surface area contributed by atoms with E-state index in [0.29, 0.717) is 5.69 Å². The molecule has 17 heavy (non-hydrogen) atoms. The van der Waals surface area contributed by atoms with Crippen LogP contribution in [0.2, 0.25) is 5.02 Å². The van der Waals surface area contributed by atoms with E-state index in [9.17, 15) is 14.4 Å². The van der Waals surface area contributed by atoms with Crippen molar-refractivity contribution in [3.63, 3.8) is 0 Å². The molecule has 0 unspecified atom stereocenters. The van der Waals surface area contributed by atoms with Crippen molar-refractivity contribution in [1.82, 2.24) is 0 Å². The van der Waals surface area contributed by atoms with Gasteiger partial charge in [0.2, 0.25) is 0 Å². The maximum Gasteiger partial charge on any atom is 0.305 e. The number of aliphatic carboxylic acids is 1. The molecule has 0 saturated carbocycles. The third kappa shape index (κ3) is 1.89. The summed E-state index contributed by atoms with van der Waals surface area (Å²) < 4.78 is 0. The lowest BCUT2D eigenvalue weighted by molar-refractivity contribution is -0.136. The molecule has 1 heterocycles. The summed E-state index contributed by atoms with van der Waals surface area (Å²) in [7, 11) is 0. The Kier molecular flexibility index (Phi) is 2.85. The Morgan fingerprint density at radius 3 is 2.71 bits per heavy atom. The largest absolute Gasteiger partial charge is 0.481 e. The lowest BCUT2D eigenvalue weighted by Gasteiger charge is -2.14. The molecule has 1 aliphatic rings. The van der Waals surface area contributed by atoms with Gasteiger partial charge in [0.15, 0.2) is 0 Å². The fourth-order valence-corrected chi connectivity index (χ4v) is 1.99. The lowest BCUT2D eigenvalue weighted by atomic mass is 10.1. The van der Waals surface area contributed by atoms with Crippen LogP contribution in [-0.4, -0.2) is 29.3 Å². The van der Waals surface area contributed by atoms with Gasteiger partial charge in [-0.2, -0.15) is 0 Å². The number of carbonyl (C=O) groups excluding carboxylic acids is 2. The summed E-state index contributed by atoms with van der Waals surface area (Å²) in [5.41, 5.74) is 0.540. The van der Waals surface area contributed by atoms with Gasteiger partial charge in [-0.15, -0.1) is 0 Å². The summed E-state index contributed by atoms with van der Waals surface area (Å²) in [6.07, 6.45) is -0.217. The zero-order valence-corrected chi connectivity index (χ0v) is 9.40. The molecule has 0 radical (unpaired) electrons. The second-order valence-corrected chi connectivity index (χ2v) is 3.97. The van der Waals surface area contributed by atoms with Crippen molar-refractivity contribution in [2.45, 2.75) is 6.42 Å². The number of Topliss-reactive ketones (excluding diaryl/α,β-unsaturated/α-hetero) is 1. The number of amides is 1. The van der Waals surface area contributed by atoms with Gasteiger partial charge in [-0.3, -0.25) is 14.4 Å². The first-order chi connectivity index (χ1) is 8.02. The van der Waals surface area contributed by atoms with Crippen molar-refractivity contribution >= 4 is 34.9 Å². The average molecular weight is 254 g/mol. The van der Waals surface area contributed by atoms with Crippen molar-refractivity contribution in [1.29, 1.82) is 0 Å². The van der Waals surface area contributed by atoms with Gasteiger partial charge in [-0.1, -0.05) is 17.7 Å². The Morgan fingerprint density at radius 1 is 1.35 bits per heavy atom. The number of ketones is 1. The summed E-state index contributed by atoms with van der Waals surface area (Å²) in [5, 5.41) is 8.79. The average Bonchev–Trinajstić information content (AvgIpc) is 2.51. The summed E-state index contributed by atoms with van der Waals surface area (Å²) in [4.78, 5) is 34.9. The van der Waals surface area contributed by atoms with Crippen LogP contribution < -0.4 is 4.90 Å². The van der Waals surface area contributed by atoms with E-state index in [1.54, 1.807) is 12.1 Å². The van der Waals surface area contributed by atoms with Gasteiger partial charge in [-0.25, -0.2) is 0 Å². The minimum atomic E-state index is -1.03. The minimum absolute atomic E-state index is 0.0345. The molecule has 0 aromatic heterocycles. The molecule has 0 aliphatic carbocycles. The summed E-state index contributed by atoms with van der Waals surface area (Å²) in [6, 6.07) is 4.71. The highest BCUT2D eigenvalue weighted by Gasteiger charge is 2.37. The van der Waals surface area contributed by atoms with Gasteiger partial charge in [0.25, 0.3) is 11.7 Å². The molecule has 0 bridgehead atoms. The van der Waals surface area contributed by atoms with Crippen LogP contribution in [0.25, 0.3) is 0 Å². The first kappa shape index (κ1) is 11.6. The number of carboxylic acids is 1. The number of nitrogens with zero attached hydrogens (tertiary/aromatic N) is 1. The van der Waals surface area contributed by atoms with E-state index in [1.807, 2.05) is 0 Å². The predicted octanol–water partition coefficient (Wildman–Crippen LogP) is 1.34. The van der Waals surface area contributed by atoms with E-state index in [-0.39, 0.29) is 23.6 Å². The molecular formula is C11H8ClNO4. The number of carboxylic acid groups (broad SMARTS) is 1. The van der Waals surface area contributed by atoms with E-state index in [2.05, 4.69) is 0 Å². The fourth-order valence-electron chi connectivity index (χ4n) is 1.73. The molecule has 88 valence electrons. The molecule has 0 saturated heterocycles. The highest BCUT2D eigenvalue weighted by atomic mass is 35.5. The molecule has 1 aromatic rings. The highest BCUT2D eigenvalue weighted by molar-refractivity contribution is 6.55. The number of carbonyl (C=O) groups is 3. The number of halogens is 1. The van der Waals surface area contributed by atoms with E-state index in [1.165, 1.54) is 6.07 Å². The standard InChI is InChI=1S/C11H8ClNO4/c12-6-2-1-3-7-9(6)10(16)11(17)13(7)5-4-8(14)15/h1-3H,4-5H2,(H,14,15). The molecule has 1 aromatic carbocycles. The van der Waals surface area contributed by atoms with E-state index < -0.39 is 17.7 Å². The molecule has 5 nitrogen and oxygen atoms in total. The van der Waals surface area contributed by atoms with Crippen LogP contribution in [0.1, 0.15) is 16.8 Å². The topological polar surface area (TPSA) is 74.7 Å². The Balaban J connectivity index is 2.38. The zero-order valence-electron chi connectivity index (χ0n) is 8.64. The van der Waals surface area contributed by atoms with Crippen molar-refractivity contribution in [2.24, 2.45) is 0 Å². The molecule has 1 amide bonds. The first-order valence-electron chi connectivity index (χ1n) is 4.89. The summed E-state index contributed by atoms with van der Waals surface area (Å²) >= 11 is 5.84. The fraction of sp³-hybridized carbons (Fsp3) is 0.182. The van der Waals surface area contributed by atoms with Gasteiger partial charge in [0, 0.05) is 6.54 Å². The molecule has 0 atom stereocenters. The van der Waals surface area contributed by atoms with Crippen molar-refractivity contribution < 1.29 is 19.5 Å². The molecule has 0 fully saturated rings. The van der Waals surface area contributed by atoms with Crippen molar-refractivity contribution in [3.05, 3.63) is 28.8 Å². The molecule has 1 N–H and O–H groups in total. The number of hydrogen-bond acceptors (Lipinski definition) is 3. The SMILES string of the molecule is O=C(O)CCN1C(=O)C(=O)c2c(Cl)cccc21. The first-order valence-corrected chi connectivity index (χ1v) is 5.26. The maximum atomic E-state index is 11.7. The number of rotatable bonds is 3. The quantitative estimate of drug-likeness (QED) is 0.825. The third-order valence-electron chi connectivity index (χ3n) is 2.50. The molecule has 0 spiro atoms. The van der Waals surface area contributed by atoms with E-state index in [0.717, 1.165) is 4.90 Å². The third-order valence-corrected chi connectivity index (χ3v) is 2.81. The smallest absolute Gasteiger partial charge is 0.305 e. The molecule has 1 aliphatic heterocycles. The minimum Gasteiger partial charge on any atom is -0.481 e. The Bertz CT molecular complexity index is 526. The number of benzene rings is 1. The van der Waals surface area contributed by atoms with Crippen LogP contribution in [0.5, 0.6) is 0 Å². The number of hydrogen-bond donors (Lipinski definition) is 1. The summed E-state index contributed by atoms with van der Waals surface area (Å²) in [6.45, 7) is -0.0345. The Hall–Kier alpha value is -1.88. The van der Waals surface area contributed by atoms with Crippen molar-refractivity contribution in [3.8, 4) is 0 Å². The maximum absolute atomic E-state index is 11.7. The Labute approximate surface area is 102 Å². The van der Waals surface area contributed by atoms with Crippen LogP contribution in [0.15, 0.2) is 18.2 Å². The molecular weight excluding hydrogens is 246 g/mol. The van der Waals surface area contributed by atoms with E-state index >= 15 is 0 Å². The van der Waals surface area contributed by atoms with Crippen LogP contribution in [-0.2, 0) is 9.59 Å². The van der Waals surface area contributed by atoms with Gasteiger partial charge >= 0.3 is 5.97 Å². The van der Waals surface area contributed by atoms with E-state index in [4.69, 9.17) is 16.7 Å². The van der Waals surface area contributed by atoms with Gasteiger partial charge in [-0.05, 0) is 12.1 Å². The monoisotopic (exact) mass is 253 g/mol. The van der Waals surface area contributed by atoms with Crippen LogP contribution in [0.3, 0.4) is 0 Å². The normalized spacial score (nSPS) is 14.1. The van der Waals surface area contributed by atoms with Crippen LogP contribution in [0.4, 0.5) is 5.69 Å². The second-order valence-electron chi connectivity index (χ2n) is 3.56. The van der Waals surface area contributed by atoms with Crippen LogP contribution >= 0.6 is 11.6 Å². The predicted molar refractivity (Wildman–Crippen MR) is 60.4 cm³/mol. The highest BCUT2D eigenvalue weighted by Crippen LogP contribution is 2.33. The lowest BCUT2D eigenvalue weighted by Crippen LogP contribution is -2.31. The van der Waals surface area contributed by atoms with Gasteiger partial charge in [0.05, 0.1) is 22.7 Å². The molecule has 6 heteroatoms. The van der Waals surface area contributed by atoms with Gasteiger partial charge in [0.1, 0.15) is 0 Å².